The summed E-state index contributed by atoms with van der Waals surface area (Å²) in [6, 6.07) is 20.0. The average Bonchev–Trinajstić information content (AvgIpc) is 3.54. The Kier molecular flexibility index (Phi) is 5.93. The Morgan fingerprint density at radius 3 is 2.61 bits per heavy atom. The van der Waals surface area contributed by atoms with E-state index < -0.39 is 0 Å². The number of aromatic amines is 1. The molecular formula is C24H17ClN4O3S. The molecule has 33 heavy (non-hydrogen) atoms. The molecule has 0 radical (unpaired) electrons. The minimum atomic E-state index is -0.129. The maximum absolute atomic E-state index is 13.4. The molecular weight excluding hydrogens is 460 g/mol. The molecule has 0 fully saturated rings. The highest BCUT2D eigenvalue weighted by atomic mass is 35.5. The van der Waals surface area contributed by atoms with Crippen LogP contribution in [0.25, 0.3) is 10.4 Å². The van der Waals surface area contributed by atoms with E-state index in [4.69, 9.17) is 20.9 Å². The van der Waals surface area contributed by atoms with Crippen molar-refractivity contribution in [2.24, 2.45) is 4.99 Å². The third-order valence-corrected chi connectivity index (χ3v) is 5.98. The maximum atomic E-state index is 13.4. The topological polar surface area (TPSA) is 85.4 Å². The highest BCUT2D eigenvalue weighted by Crippen LogP contribution is 2.23. The van der Waals surface area contributed by atoms with Gasteiger partial charge in [0.25, 0.3) is 11.4 Å². The van der Waals surface area contributed by atoms with Crippen molar-refractivity contribution in [3.63, 3.8) is 0 Å². The van der Waals surface area contributed by atoms with Gasteiger partial charge >= 0.3 is 0 Å². The van der Waals surface area contributed by atoms with E-state index >= 15 is 0 Å². The first-order chi connectivity index (χ1) is 16.2. The molecule has 0 aliphatic rings. The fourth-order valence-corrected chi connectivity index (χ4v) is 4.08. The van der Waals surface area contributed by atoms with Gasteiger partial charge < -0.3 is 14.2 Å². The van der Waals surface area contributed by atoms with Crippen molar-refractivity contribution >= 4 is 28.6 Å². The van der Waals surface area contributed by atoms with Crippen LogP contribution in [-0.2, 0) is 6.54 Å². The van der Waals surface area contributed by atoms with Crippen LogP contribution >= 0.6 is 22.9 Å². The molecule has 0 aliphatic heterocycles. The van der Waals surface area contributed by atoms with Gasteiger partial charge in [-0.2, -0.15) is 0 Å². The van der Waals surface area contributed by atoms with Gasteiger partial charge in [-0.15, -0.1) is 11.3 Å². The number of halogens is 1. The molecule has 0 saturated carbocycles. The Labute approximate surface area is 197 Å². The van der Waals surface area contributed by atoms with E-state index in [2.05, 4.69) is 15.1 Å². The molecule has 0 amide bonds. The van der Waals surface area contributed by atoms with Gasteiger partial charge in [0.2, 0.25) is 5.62 Å². The lowest BCUT2D eigenvalue weighted by atomic mass is 10.2. The van der Waals surface area contributed by atoms with Crippen molar-refractivity contribution in [3.05, 3.63) is 111 Å². The lowest BCUT2D eigenvalue weighted by molar-refractivity contribution is 0.367. The van der Waals surface area contributed by atoms with E-state index in [1.54, 1.807) is 53.2 Å². The summed E-state index contributed by atoms with van der Waals surface area (Å²) in [6.45, 7) is 0.345. The summed E-state index contributed by atoms with van der Waals surface area (Å²) >= 11 is 7.54. The van der Waals surface area contributed by atoms with Gasteiger partial charge in [0.05, 0.1) is 17.8 Å². The van der Waals surface area contributed by atoms with Crippen LogP contribution in [0.4, 0.5) is 5.69 Å². The molecule has 7 nitrogen and oxygen atoms in total. The predicted molar refractivity (Wildman–Crippen MR) is 127 cm³/mol. The summed E-state index contributed by atoms with van der Waals surface area (Å²) in [5.41, 5.74) is 2.49. The van der Waals surface area contributed by atoms with Crippen LogP contribution in [0, 0.1) is 0 Å². The summed E-state index contributed by atoms with van der Waals surface area (Å²) in [5, 5.41) is 6.31. The van der Waals surface area contributed by atoms with E-state index in [1.807, 2.05) is 29.6 Å². The summed E-state index contributed by atoms with van der Waals surface area (Å²) in [5.74, 6) is 0.965. The summed E-state index contributed by atoms with van der Waals surface area (Å²) < 4.78 is 12.0. The first-order valence-electron chi connectivity index (χ1n) is 9.99. The zero-order valence-electron chi connectivity index (χ0n) is 17.1. The molecule has 3 heterocycles. The minimum Gasteiger partial charge on any atom is -0.436 e. The number of H-pyrrole nitrogens is 1. The standard InChI is InChI=1S/C24H17ClN4O3S/c25-17-5-3-16(4-6-17)15-29-23(30)20(21-2-1-13-33-21)14-26-24(29)27-18-7-9-19(10-8-18)32-22-11-12-31-28-22/h1-14H,15H2,(H,26,27). The quantitative estimate of drug-likeness (QED) is 0.344. The number of nitrogens with zero attached hydrogens (tertiary/aromatic N) is 3. The maximum Gasteiger partial charge on any atom is 0.263 e. The smallest absolute Gasteiger partial charge is 0.263 e. The minimum absolute atomic E-state index is 0.129. The van der Waals surface area contributed by atoms with Crippen LogP contribution in [0.15, 0.2) is 98.9 Å². The Morgan fingerprint density at radius 1 is 1.09 bits per heavy atom. The molecule has 0 unspecified atom stereocenters. The Morgan fingerprint density at radius 2 is 1.91 bits per heavy atom. The van der Waals surface area contributed by atoms with Crippen LogP contribution in [0.1, 0.15) is 5.56 Å². The second kappa shape index (κ2) is 9.32. The zero-order valence-corrected chi connectivity index (χ0v) is 18.7. The van der Waals surface area contributed by atoms with Gasteiger partial charge in [0.15, 0.2) is 0 Å². The highest BCUT2D eigenvalue weighted by molar-refractivity contribution is 7.13. The summed E-state index contributed by atoms with van der Waals surface area (Å²) in [4.78, 5) is 22.2. The number of nitrogens with one attached hydrogen (secondary N) is 1. The summed E-state index contributed by atoms with van der Waals surface area (Å²) in [6.07, 6.45) is 3.14. The van der Waals surface area contributed by atoms with Crippen molar-refractivity contribution in [2.45, 2.75) is 6.54 Å². The van der Waals surface area contributed by atoms with Gasteiger partial charge in [-0.1, -0.05) is 29.8 Å². The molecule has 0 atom stereocenters. The normalized spacial score (nSPS) is 11.6. The van der Waals surface area contributed by atoms with Crippen molar-refractivity contribution in [2.75, 3.05) is 0 Å². The monoisotopic (exact) mass is 476 g/mol. The SMILES string of the molecule is O=c1c(-c2cccs2)c[nH]/c(=N\c2ccc(Oc3ccon3)cc2)n1Cc1ccc(Cl)cc1. The number of hydrogen-bond donors (Lipinski definition) is 1. The van der Waals surface area contributed by atoms with Crippen molar-refractivity contribution < 1.29 is 9.26 Å². The highest BCUT2D eigenvalue weighted by Gasteiger charge is 2.10. The molecule has 3 aromatic heterocycles. The van der Waals surface area contributed by atoms with E-state index in [0.29, 0.717) is 40.1 Å². The van der Waals surface area contributed by atoms with Crippen molar-refractivity contribution in [1.29, 1.82) is 0 Å². The van der Waals surface area contributed by atoms with E-state index in [-0.39, 0.29) is 5.56 Å². The first-order valence-corrected chi connectivity index (χ1v) is 11.3. The molecule has 5 rings (SSSR count). The lowest BCUT2D eigenvalue weighted by Crippen LogP contribution is -2.36. The van der Waals surface area contributed by atoms with Gasteiger partial charge in [0.1, 0.15) is 12.0 Å². The average molecular weight is 477 g/mol. The molecule has 0 aliphatic carbocycles. The third kappa shape index (κ3) is 4.82. The van der Waals surface area contributed by atoms with Gasteiger partial charge in [0, 0.05) is 22.2 Å². The number of rotatable bonds is 6. The largest absolute Gasteiger partial charge is 0.436 e. The van der Waals surface area contributed by atoms with Crippen molar-refractivity contribution in [3.8, 4) is 22.1 Å². The number of ether oxygens (including phenoxy) is 1. The Hall–Kier alpha value is -3.88. The fourth-order valence-electron chi connectivity index (χ4n) is 3.22. The second-order valence-corrected chi connectivity index (χ2v) is 8.45. The number of benzene rings is 2. The molecule has 0 bridgehead atoms. The molecule has 0 spiro atoms. The van der Waals surface area contributed by atoms with Crippen LogP contribution in [0.5, 0.6) is 11.6 Å². The van der Waals surface area contributed by atoms with Gasteiger partial charge in [-0.05, 0) is 58.6 Å². The van der Waals surface area contributed by atoms with E-state index in [1.165, 1.54) is 17.6 Å². The van der Waals surface area contributed by atoms with Gasteiger partial charge in [-0.25, -0.2) is 4.99 Å². The first kappa shape index (κ1) is 21.0. The van der Waals surface area contributed by atoms with Crippen LogP contribution in [0.2, 0.25) is 5.02 Å². The Balaban J connectivity index is 1.54. The molecule has 164 valence electrons. The number of aromatic nitrogens is 3. The number of hydrogen-bond acceptors (Lipinski definition) is 6. The third-order valence-electron chi connectivity index (χ3n) is 4.83. The van der Waals surface area contributed by atoms with Crippen LogP contribution in [-0.4, -0.2) is 14.7 Å². The van der Waals surface area contributed by atoms with E-state index in [0.717, 1.165) is 10.4 Å². The van der Waals surface area contributed by atoms with Crippen LogP contribution < -0.4 is 15.9 Å². The Bertz CT molecular complexity index is 1470. The lowest BCUT2D eigenvalue weighted by Gasteiger charge is -2.09. The second-order valence-electron chi connectivity index (χ2n) is 7.07. The summed E-state index contributed by atoms with van der Waals surface area (Å²) in [7, 11) is 0. The zero-order chi connectivity index (χ0) is 22.6. The van der Waals surface area contributed by atoms with Crippen LogP contribution in [0.3, 0.4) is 0 Å². The van der Waals surface area contributed by atoms with Crippen molar-refractivity contribution in [1.82, 2.24) is 14.7 Å². The van der Waals surface area contributed by atoms with Gasteiger partial charge in [-0.3, -0.25) is 9.36 Å². The molecule has 0 saturated heterocycles. The predicted octanol–water partition coefficient (Wildman–Crippen LogP) is 5.62. The molecule has 9 heteroatoms. The fraction of sp³-hybridized carbons (Fsp3) is 0.0417. The molecule has 5 aromatic rings. The molecule has 1 N–H and O–H groups in total. The van der Waals surface area contributed by atoms with E-state index in [9.17, 15) is 4.79 Å². The number of thiophene rings is 1. The molecule has 2 aromatic carbocycles.